The van der Waals surface area contributed by atoms with Gasteiger partial charge in [0.15, 0.2) is 4.80 Å². The third kappa shape index (κ3) is 5.03. The van der Waals surface area contributed by atoms with Crippen molar-refractivity contribution in [2.75, 3.05) is 44.9 Å². The highest BCUT2D eigenvalue weighted by atomic mass is 32.1. The van der Waals surface area contributed by atoms with Crippen molar-refractivity contribution in [2.24, 2.45) is 4.99 Å². The van der Waals surface area contributed by atoms with Crippen LogP contribution in [0.5, 0.6) is 5.75 Å². The number of allylic oxidation sites excluding steroid dienone is 1. The van der Waals surface area contributed by atoms with E-state index >= 15 is 0 Å². The summed E-state index contributed by atoms with van der Waals surface area (Å²) in [4.78, 5) is 45.4. The first-order valence-corrected chi connectivity index (χ1v) is 13.6. The molecule has 1 atom stereocenters. The van der Waals surface area contributed by atoms with E-state index in [0.717, 1.165) is 17.0 Å². The van der Waals surface area contributed by atoms with E-state index in [9.17, 15) is 19.7 Å². The quantitative estimate of drug-likeness (QED) is 0.244. The van der Waals surface area contributed by atoms with Gasteiger partial charge in [0.25, 0.3) is 11.2 Å². The molecular weight excluding hydrogens is 536 g/mol. The number of nitro benzene ring substituents is 1. The van der Waals surface area contributed by atoms with Gasteiger partial charge in [-0.1, -0.05) is 29.5 Å². The Bertz CT molecular complexity index is 1680. The summed E-state index contributed by atoms with van der Waals surface area (Å²) in [6.07, 6.45) is 1.66. The zero-order valence-electron chi connectivity index (χ0n) is 22.3. The highest BCUT2D eigenvalue weighted by Gasteiger charge is 2.35. The Balaban J connectivity index is 1.74. The summed E-state index contributed by atoms with van der Waals surface area (Å²) in [5, 5.41) is 11.6. The van der Waals surface area contributed by atoms with E-state index in [-0.39, 0.29) is 23.4 Å². The maximum Gasteiger partial charge on any atom is 0.338 e. The third-order valence-electron chi connectivity index (χ3n) is 6.81. The number of carbonyl (C=O) groups is 1. The molecule has 208 valence electrons. The normalized spacial score (nSPS) is 17.3. The number of methoxy groups -OCH3 is 1. The number of hydrogen-bond donors (Lipinski definition) is 0. The lowest BCUT2D eigenvalue weighted by molar-refractivity contribution is -0.384. The third-order valence-corrected chi connectivity index (χ3v) is 7.79. The van der Waals surface area contributed by atoms with Gasteiger partial charge in [-0.3, -0.25) is 19.5 Å². The fourth-order valence-electron chi connectivity index (χ4n) is 4.98. The molecule has 5 rings (SSSR count). The largest absolute Gasteiger partial charge is 0.496 e. The van der Waals surface area contributed by atoms with E-state index in [1.807, 2.05) is 12.1 Å². The molecule has 0 aliphatic carbocycles. The zero-order chi connectivity index (χ0) is 28.4. The van der Waals surface area contributed by atoms with E-state index in [2.05, 4.69) is 9.89 Å². The number of thiazole rings is 1. The first-order chi connectivity index (χ1) is 19.3. The zero-order valence-corrected chi connectivity index (χ0v) is 23.1. The van der Waals surface area contributed by atoms with Gasteiger partial charge in [0, 0.05) is 42.0 Å². The second-order valence-corrected chi connectivity index (χ2v) is 10.2. The molecule has 0 radical (unpaired) electrons. The van der Waals surface area contributed by atoms with E-state index in [0.29, 0.717) is 58.2 Å². The molecule has 40 heavy (non-hydrogen) atoms. The van der Waals surface area contributed by atoms with Crippen LogP contribution >= 0.6 is 11.3 Å². The molecular formula is C28H28N4O7S. The van der Waals surface area contributed by atoms with Crippen LogP contribution < -0.4 is 24.5 Å². The van der Waals surface area contributed by atoms with Gasteiger partial charge in [-0.2, -0.15) is 0 Å². The van der Waals surface area contributed by atoms with Crippen molar-refractivity contribution in [3.8, 4) is 5.75 Å². The van der Waals surface area contributed by atoms with Crippen molar-refractivity contribution in [1.29, 1.82) is 0 Å². The molecule has 0 saturated carbocycles. The number of rotatable bonds is 7. The van der Waals surface area contributed by atoms with Gasteiger partial charge < -0.3 is 19.1 Å². The first-order valence-electron chi connectivity index (χ1n) is 12.8. The predicted molar refractivity (Wildman–Crippen MR) is 150 cm³/mol. The molecule has 0 bridgehead atoms. The standard InChI is InChI=1S/C28H28N4O7S/c1-4-39-27(34)24-17(2)29-28-31(25(24)20-7-5-6-8-22(20)37-3)26(33)23(40-28)16-18-15-19(32(35)36)9-10-21(18)30-11-13-38-14-12-30/h5-10,15-16,25H,4,11-14H2,1-3H3/b23-16-. The molecule has 0 amide bonds. The molecule has 3 heterocycles. The first kappa shape index (κ1) is 27.3. The summed E-state index contributed by atoms with van der Waals surface area (Å²) in [6.45, 7) is 5.90. The number of esters is 1. The summed E-state index contributed by atoms with van der Waals surface area (Å²) in [5.74, 6) is -0.0610. The molecule has 2 aliphatic rings. The van der Waals surface area contributed by atoms with Gasteiger partial charge in [-0.15, -0.1) is 0 Å². The SMILES string of the molecule is CCOC(=O)C1=C(C)N=c2s/c(=C\c3cc([N+](=O)[O-])ccc3N3CCOCC3)c(=O)n2C1c1ccccc1OC. The smallest absolute Gasteiger partial charge is 0.338 e. The van der Waals surface area contributed by atoms with Crippen LogP contribution in [-0.4, -0.2) is 55.5 Å². The van der Waals surface area contributed by atoms with Gasteiger partial charge >= 0.3 is 5.97 Å². The number of carbonyl (C=O) groups excluding carboxylic acids is 1. The van der Waals surface area contributed by atoms with E-state index in [1.165, 1.54) is 23.8 Å². The Morgan fingerprint density at radius 3 is 2.70 bits per heavy atom. The lowest BCUT2D eigenvalue weighted by Crippen LogP contribution is -2.40. The molecule has 0 spiro atoms. The molecule has 1 unspecified atom stereocenters. The molecule has 1 aromatic heterocycles. The highest BCUT2D eigenvalue weighted by molar-refractivity contribution is 7.07. The Labute approximate surface area is 233 Å². The fraction of sp³-hybridized carbons (Fsp3) is 0.321. The topological polar surface area (TPSA) is 126 Å². The Morgan fingerprint density at radius 1 is 1.25 bits per heavy atom. The van der Waals surface area contributed by atoms with Gasteiger partial charge in [-0.05, 0) is 32.1 Å². The molecule has 11 nitrogen and oxygen atoms in total. The summed E-state index contributed by atoms with van der Waals surface area (Å²) >= 11 is 1.16. The van der Waals surface area contributed by atoms with Crippen LogP contribution in [0.4, 0.5) is 11.4 Å². The maximum absolute atomic E-state index is 14.0. The average Bonchev–Trinajstić information content (AvgIpc) is 3.26. The molecule has 1 saturated heterocycles. The van der Waals surface area contributed by atoms with Crippen LogP contribution in [-0.2, 0) is 14.3 Å². The number of anilines is 1. The number of fused-ring (bicyclic) bond motifs is 1. The number of hydrogen-bond acceptors (Lipinski definition) is 10. The van der Waals surface area contributed by atoms with Crippen molar-refractivity contribution >= 4 is 34.8 Å². The number of benzene rings is 2. The van der Waals surface area contributed by atoms with Crippen LogP contribution in [0.3, 0.4) is 0 Å². The number of morpholine rings is 1. The minimum absolute atomic E-state index is 0.0802. The lowest BCUT2D eigenvalue weighted by Gasteiger charge is -2.30. The number of nitro groups is 1. The molecule has 1 fully saturated rings. The van der Waals surface area contributed by atoms with Crippen molar-refractivity contribution in [3.63, 3.8) is 0 Å². The van der Waals surface area contributed by atoms with E-state index in [4.69, 9.17) is 14.2 Å². The Hall–Kier alpha value is -4.29. The minimum atomic E-state index is -0.836. The van der Waals surface area contributed by atoms with Crippen molar-refractivity contribution < 1.29 is 23.9 Å². The maximum atomic E-state index is 14.0. The van der Waals surface area contributed by atoms with Crippen LogP contribution in [0.25, 0.3) is 6.08 Å². The van der Waals surface area contributed by atoms with Crippen molar-refractivity contribution in [3.05, 3.63) is 94.7 Å². The number of nitrogens with zero attached hydrogens (tertiary/aromatic N) is 4. The van der Waals surface area contributed by atoms with Gasteiger partial charge in [-0.25, -0.2) is 9.79 Å². The van der Waals surface area contributed by atoms with E-state index in [1.54, 1.807) is 38.1 Å². The van der Waals surface area contributed by atoms with Gasteiger partial charge in [0.2, 0.25) is 0 Å². The lowest BCUT2D eigenvalue weighted by atomic mass is 9.95. The number of para-hydroxylation sites is 1. The second-order valence-electron chi connectivity index (χ2n) is 9.14. The van der Waals surface area contributed by atoms with Crippen LogP contribution in [0.15, 0.2) is 63.5 Å². The molecule has 2 aromatic carbocycles. The van der Waals surface area contributed by atoms with Crippen LogP contribution in [0, 0.1) is 10.1 Å². The fourth-order valence-corrected chi connectivity index (χ4v) is 6.02. The van der Waals surface area contributed by atoms with Crippen molar-refractivity contribution in [1.82, 2.24) is 4.57 Å². The molecule has 2 aliphatic heterocycles. The number of ether oxygens (including phenoxy) is 3. The second kappa shape index (κ2) is 11.4. The minimum Gasteiger partial charge on any atom is -0.496 e. The number of aromatic nitrogens is 1. The average molecular weight is 565 g/mol. The summed E-state index contributed by atoms with van der Waals surface area (Å²) in [6, 6.07) is 11.0. The Kier molecular flexibility index (Phi) is 7.81. The van der Waals surface area contributed by atoms with Gasteiger partial charge in [0.05, 0.1) is 47.7 Å². The highest BCUT2D eigenvalue weighted by Crippen LogP contribution is 2.35. The summed E-state index contributed by atoms with van der Waals surface area (Å²) in [5.41, 5.74) is 2.14. The predicted octanol–water partition coefficient (Wildman–Crippen LogP) is 2.55. The Morgan fingerprint density at radius 2 is 2.00 bits per heavy atom. The van der Waals surface area contributed by atoms with Crippen LogP contribution in [0.1, 0.15) is 31.0 Å². The monoisotopic (exact) mass is 564 g/mol. The van der Waals surface area contributed by atoms with Gasteiger partial charge in [0.1, 0.15) is 11.8 Å². The van der Waals surface area contributed by atoms with Crippen LogP contribution in [0.2, 0.25) is 0 Å². The molecule has 0 N–H and O–H groups in total. The van der Waals surface area contributed by atoms with E-state index < -0.39 is 16.9 Å². The molecule has 3 aromatic rings. The summed E-state index contributed by atoms with van der Waals surface area (Å²) in [7, 11) is 1.53. The summed E-state index contributed by atoms with van der Waals surface area (Å²) < 4.78 is 18.2. The molecule has 12 heteroatoms. The number of non-ortho nitro benzene ring substituents is 1. The van der Waals surface area contributed by atoms with Crippen molar-refractivity contribution in [2.45, 2.75) is 19.9 Å².